The highest BCUT2D eigenvalue weighted by Gasteiger charge is 2.17. The summed E-state index contributed by atoms with van der Waals surface area (Å²) in [7, 11) is 0. The second-order valence-corrected chi connectivity index (χ2v) is 5.20. The molecule has 0 radical (unpaired) electrons. The Bertz CT molecular complexity index is 783. The van der Waals surface area contributed by atoms with E-state index in [1.54, 1.807) is 29.8 Å². The molecule has 0 bridgehead atoms. The number of hydrogen-bond donors (Lipinski definition) is 1. The second-order valence-electron chi connectivity index (χ2n) is 4.31. The zero-order valence-electron chi connectivity index (χ0n) is 10.7. The lowest BCUT2D eigenvalue weighted by molar-refractivity contribution is 0.0689. The van der Waals surface area contributed by atoms with E-state index in [1.165, 1.54) is 28.2 Å². The van der Waals surface area contributed by atoms with Crippen LogP contribution in [0, 0.1) is 5.82 Å². The third-order valence-corrected chi connectivity index (χ3v) is 3.72. The lowest BCUT2D eigenvalue weighted by atomic mass is 10.2. The molecule has 5 nitrogen and oxygen atoms in total. The molecule has 0 amide bonds. The largest absolute Gasteiger partial charge is 0.476 e. The van der Waals surface area contributed by atoms with Gasteiger partial charge in [-0.15, -0.1) is 11.3 Å². The zero-order chi connectivity index (χ0) is 14.8. The number of carbonyl (C=O) groups is 1. The van der Waals surface area contributed by atoms with Gasteiger partial charge < -0.3 is 5.11 Å². The van der Waals surface area contributed by atoms with Gasteiger partial charge in [0.15, 0.2) is 5.69 Å². The molecule has 0 aliphatic heterocycles. The number of carboxylic acid groups (broad SMARTS) is 1. The maximum atomic E-state index is 13.7. The number of aromatic nitrogens is 3. The van der Waals surface area contributed by atoms with E-state index in [2.05, 4.69) is 10.1 Å². The van der Waals surface area contributed by atoms with Crippen LogP contribution in [-0.2, 0) is 6.54 Å². The zero-order valence-corrected chi connectivity index (χ0v) is 11.5. The molecular formula is C14H10FN3O2S. The number of benzene rings is 1. The van der Waals surface area contributed by atoms with Crippen LogP contribution in [0.5, 0.6) is 0 Å². The van der Waals surface area contributed by atoms with Gasteiger partial charge in [0, 0.05) is 23.2 Å². The number of halogens is 1. The number of thiazole rings is 1. The standard InChI is InChI=1S/C14H10FN3O2S/c15-10-4-2-1-3-9(10)8-18-12(13-16-5-6-21-13)7-11(17-18)14(19)20/h1-7H,8H2,(H,19,20). The molecule has 0 aliphatic carbocycles. The molecule has 2 heterocycles. The normalized spacial score (nSPS) is 10.7. The van der Waals surface area contributed by atoms with Gasteiger partial charge in [0.1, 0.15) is 10.8 Å². The minimum absolute atomic E-state index is 0.0865. The maximum Gasteiger partial charge on any atom is 0.356 e. The average Bonchev–Trinajstić information content (AvgIpc) is 3.10. The molecule has 21 heavy (non-hydrogen) atoms. The van der Waals surface area contributed by atoms with Crippen LogP contribution >= 0.6 is 11.3 Å². The van der Waals surface area contributed by atoms with Gasteiger partial charge in [0.05, 0.1) is 12.2 Å². The van der Waals surface area contributed by atoms with Crippen molar-refractivity contribution in [3.63, 3.8) is 0 Å². The Hall–Kier alpha value is -2.54. The van der Waals surface area contributed by atoms with Crippen molar-refractivity contribution in [3.05, 3.63) is 59.0 Å². The number of rotatable bonds is 4. The number of nitrogens with zero attached hydrogens (tertiary/aromatic N) is 3. The number of hydrogen-bond acceptors (Lipinski definition) is 4. The van der Waals surface area contributed by atoms with E-state index < -0.39 is 5.97 Å². The summed E-state index contributed by atoms with van der Waals surface area (Å²) >= 11 is 1.37. The van der Waals surface area contributed by atoms with Crippen molar-refractivity contribution in [3.8, 4) is 10.7 Å². The monoisotopic (exact) mass is 303 g/mol. The predicted molar refractivity (Wildman–Crippen MR) is 75.8 cm³/mol. The molecule has 0 saturated carbocycles. The quantitative estimate of drug-likeness (QED) is 0.804. The SMILES string of the molecule is O=C(O)c1cc(-c2nccs2)n(Cc2ccccc2F)n1. The van der Waals surface area contributed by atoms with Crippen LogP contribution in [0.15, 0.2) is 41.9 Å². The molecule has 2 aromatic heterocycles. The molecule has 1 aromatic carbocycles. The Morgan fingerprint density at radius 3 is 2.86 bits per heavy atom. The fourth-order valence-corrected chi connectivity index (χ4v) is 2.61. The van der Waals surface area contributed by atoms with Crippen LogP contribution < -0.4 is 0 Å². The third-order valence-electron chi connectivity index (χ3n) is 2.93. The van der Waals surface area contributed by atoms with Crippen molar-refractivity contribution in [2.24, 2.45) is 0 Å². The topological polar surface area (TPSA) is 68.0 Å². The van der Waals surface area contributed by atoms with E-state index in [0.29, 0.717) is 16.3 Å². The summed E-state index contributed by atoms with van der Waals surface area (Å²) < 4.78 is 15.2. The predicted octanol–water partition coefficient (Wildman–Crippen LogP) is 2.89. The van der Waals surface area contributed by atoms with Crippen molar-refractivity contribution in [1.82, 2.24) is 14.8 Å². The summed E-state index contributed by atoms with van der Waals surface area (Å²) in [5.41, 5.74) is 0.914. The Kier molecular flexibility index (Phi) is 3.49. The van der Waals surface area contributed by atoms with Crippen molar-refractivity contribution in [2.75, 3.05) is 0 Å². The first-order valence-corrected chi connectivity index (χ1v) is 6.97. The van der Waals surface area contributed by atoms with E-state index in [-0.39, 0.29) is 18.1 Å². The molecule has 0 spiro atoms. The Balaban J connectivity index is 2.05. The molecule has 0 aliphatic rings. The van der Waals surface area contributed by atoms with Gasteiger partial charge in [-0.25, -0.2) is 14.2 Å². The van der Waals surface area contributed by atoms with E-state index in [1.807, 2.05) is 0 Å². The molecular weight excluding hydrogens is 293 g/mol. The van der Waals surface area contributed by atoms with Gasteiger partial charge in [-0.05, 0) is 6.07 Å². The minimum Gasteiger partial charge on any atom is -0.476 e. The second kappa shape index (κ2) is 5.45. The molecule has 0 saturated heterocycles. The average molecular weight is 303 g/mol. The summed E-state index contributed by atoms with van der Waals surface area (Å²) in [4.78, 5) is 15.2. The Morgan fingerprint density at radius 1 is 1.38 bits per heavy atom. The first kappa shape index (κ1) is 13.4. The van der Waals surface area contributed by atoms with Gasteiger partial charge in [-0.2, -0.15) is 5.10 Å². The fourth-order valence-electron chi connectivity index (χ4n) is 1.95. The van der Waals surface area contributed by atoms with E-state index in [4.69, 9.17) is 5.11 Å². The van der Waals surface area contributed by atoms with Gasteiger partial charge in [0.2, 0.25) is 0 Å². The van der Waals surface area contributed by atoms with E-state index >= 15 is 0 Å². The van der Waals surface area contributed by atoms with Crippen LogP contribution in [0.25, 0.3) is 10.7 Å². The smallest absolute Gasteiger partial charge is 0.356 e. The van der Waals surface area contributed by atoms with Crippen LogP contribution in [0.2, 0.25) is 0 Å². The summed E-state index contributed by atoms with van der Waals surface area (Å²) in [5.74, 6) is -1.48. The summed E-state index contributed by atoms with van der Waals surface area (Å²) in [6.45, 7) is 0.148. The van der Waals surface area contributed by atoms with Crippen molar-refractivity contribution >= 4 is 17.3 Å². The Labute approximate surface area is 123 Å². The lowest BCUT2D eigenvalue weighted by Gasteiger charge is -2.06. The van der Waals surface area contributed by atoms with Crippen LogP contribution in [0.3, 0.4) is 0 Å². The number of aromatic carboxylic acids is 1. The highest BCUT2D eigenvalue weighted by Crippen LogP contribution is 2.24. The first-order valence-electron chi connectivity index (χ1n) is 6.09. The maximum absolute atomic E-state index is 13.7. The molecule has 1 N–H and O–H groups in total. The molecule has 0 fully saturated rings. The van der Waals surface area contributed by atoms with Crippen LogP contribution in [0.4, 0.5) is 4.39 Å². The van der Waals surface area contributed by atoms with Gasteiger partial charge in [0.25, 0.3) is 0 Å². The minimum atomic E-state index is -1.12. The highest BCUT2D eigenvalue weighted by molar-refractivity contribution is 7.13. The van der Waals surface area contributed by atoms with Gasteiger partial charge >= 0.3 is 5.97 Å². The summed E-state index contributed by atoms with van der Waals surface area (Å²) in [6.07, 6.45) is 1.63. The Morgan fingerprint density at radius 2 is 2.19 bits per heavy atom. The van der Waals surface area contributed by atoms with Crippen molar-refractivity contribution in [1.29, 1.82) is 0 Å². The lowest BCUT2D eigenvalue weighted by Crippen LogP contribution is -2.07. The van der Waals surface area contributed by atoms with Gasteiger partial charge in [-0.3, -0.25) is 4.68 Å². The van der Waals surface area contributed by atoms with Crippen molar-refractivity contribution in [2.45, 2.75) is 6.54 Å². The summed E-state index contributed by atoms with van der Waals surface area (Å²) in [5, 5.41) is 15.5. The third kappa shape index (κ3) is 2.68. The molecule has 106 valence electrons. The van der Waals surface area contributed by atoms with Crippen molar-refractivity contribution < 1.29 is 14.3 Å². The van der Waals surface area contributed by atoms with Crippen LogP contribution in [0.1, 0.15) is 16.1 Å². The van der Waals surface area contributed by atoms with Gasteiger partial charge in [-0.1, -0.05) is 18.2 Å². The molecule has 0 atom stereocenters. The van der Waals surface area contributed by atoms with E-state index in [0.717, 1.165) is 0 Å². The molecule has 3 aromatic rings. The first-order chi connectivity index (χ1) is 10.1. The number of carboxylic acids is 1. The molecule has 0 unspecified atom stereocenters. The molecule has 7 heteroatoms. The highest BCUT2D eigenvalue weighted by atomic mass is 32.1. The summed E-state index contributed by atoms with van der Waals surface area (Å²) in [6, 6.07) is 7.78. The molecule has 3 rings (SSSR count). The van der Waals surface area contributed by atoms with E-state index in [9.17, 15) is 9.18 Å². The fraction of sp³-hybridized carbons (Fsp3) is 0.0714. The van der Waals surface area contributed by atoms with Crippen LogP contribution in [-0.4, -0.2) is 25.8 Å².